The van der Waals surface area contributed by atoms with Gasteiger partial charge in [0.1, 0.15) is 0 Å². The van der Waals surface area contributed by atoms with Gasteiger partial charge in [0.05, 0.1) is 5.56 Å². The number of carbonyl (C=O) groups is 3. The van der Waals surface area contributed by atoms with Gasteiger partial charge in [0, 0.05) is 18.3 Å². The summed E-state index contributed by atoms with van der Waals surface area (Å²) in [5.74, 6) is -0.660. The van der Waals surface area contributed by atoms with E-state index in [-0.39, 0.29) is 24.6 Å². The molecule has 0 aliphatic rings. The third-order valence-corrected chi connectivity index (χ3v) is 4.78. The normalized spacial score (nSPS) is 11.5. The standard InChI is InChI=1S/C24H31N3O4/c1-5-17(4)20-8-6-7-9-21(20)27-22(28)15-31-23(29)19-12-10-18(11-13-19)14-25-24(30)26-16(2)3/h6-13,16-17H,5,14-15H2,1-4H3,(H,27,28)(H2,25,26,30)/t17-/m0/s1. The van der Waals surface area contributed by atoms with Crippen LogP contribution in [0.1, 0.15) is 61.5 Å². The highest BCUT2D eigenvalue weighted by atomic mass is 16.5. The number of nitrogens with one attached hydrogen (secondary N) is 3. The third-order valence-electron chi connectivity index (χ3n) is 4.78. The SMILES string of the molecule is CC[C@H](C)c1ccccc1NC(=O)COC(=O)c1ccc(CNC(=O)NC(C)C)cc1. The number of amides is 3. The molecule has 3 N–H and O–H groups in total. The summed E-state index contributed by atoms with van der Waals surface area (Å²) in [6.45, 7) is 7.92. The molecule has 0 heterocycles. The quantitative estimate of drug-likeness (QED) is 0.525. The van der Waals surface area contributed by atoms with Crippen molar-refractivity contribution in [2.45, 2.75) is 52.6 Å². The number of hydrogen-bond donors (Lipinski definition) is 3. The second-order valence-corrected chi connectivity index (χ2v) is 7.70. The molecular formula is C24H31N3O4. The van der Waals surface area contributed by atoms with Crippen LogP contribution in [0.25, 0.3) is 0 Å². The van der Waals surface area contributed by atoms with Crippen molar-refractivity contribution in [3.63, 3.8) is 0 Å². The Labute approximate surface area is 183 Å². The smallest absolute Gasteiger partial charge is 0.338 e. The van der Waals surface area contributed by atoms with Gasteiger partial charge in [0.15, 0.2) is 6.61 Å². The molecule has 31 heavy (non-hydrogen) atoms. The maximum atomic E-state index is 12.3. The van der Waals surface area contributed by atoms with Gasteiger partial charge in [-0.2, -0.15) is 0 Å². The Morgan fingerprint density at radius 2 is 1.65 bits per heavy atom. The van der Waals surface area contributed by atoms with Gasteiger partial charge in [-0.1, -0.05) is 44.2 Å². The topological polar surface area (TPSA) is 96.5 Å². The van der Waals surface area contributed by atoms with Gasteiger partial charge in [-0.3, -0.25) is 4.79 Å². The van der Waals surface area contributed by atoms with Gasteiger partial charge in [-0.15, -0.1) is 0 Å². The molecule has 7 heteroatoms. The van der Waals surface area contributed by atoms with E-state index in [0.717, 1.165) is 23.2 Å². The molecule has 0 unspecified atom stereocenters. The molecule has 0 aromatic heterocycles. The van der Waals surface area contributed by atoms with Crippen molar-refractivity contribution < 1.29 is 19.1 Å². The maximum Gasteiger partial charge on any atom is 0.338 e. The number of urea groups is 1. The van der Waals surface area contributed by atoms with Crippen molar-refractivity contribution in [3.8, 4) is 0 Å². The van der Waals surface area contributed by atoms with Crippen molar-refractivity contribution >= 4 is 23.6 Å². The number of rotatable bonds is 9. The Morgan fingerprint density at radius 3 is 2.29 bits per heavy atom. The molecule has 0 radical (unpaired) electrons. The van der Waals surface area contributed by atoms with E-state index < -0.39 is 5.97 Å². The first-order chi connectivity index (χ1) is 14.8. The molecule has 166 valence electrons. The Morgan fingerprint density at radius 1 is 0.968 bits per heavy atom. The molecule has 7 nitrogen and oxygen atoms in total. The van der Waals surface area contributed by atoms with E-state index in [9.17, 15) is 14.4 Å². The predicted molar refractivity (Wildman–Crippen MR) is 121 cm³/mol. The molecule has 1 atom stereocenters. The average Bonchev–Trinajstić information content (AvgIpc) is 2.75. The summed E-state index contributed by atoms with van der Waals surface area (Å²) in [5, 5.41) is 8.30. The Balaban J connectivity index is 1.84. The van der Waals surface area contributed by atoms with Crippen LogP contribution in [0.3, 0.4) is 0 Å². The van der Waals surface area contributed by atoms with Crippen LogP contribution in [0.5, 0.6) is 0 Å². The first kappa shape index (κ1) is 23.9. The molecule has 0 spiro atoms. The number of esters is 1. The van der Waals surface area contributed by atoms with Gasteiger partial charge in [0.25, 0.3) is 5.91 Å². The van der Waals surface area contributed by atoms with Crippen molar-refractivity contribution in [3.05, 3.63) is 65.2 Å². The molecule has 2 aromatic rings. The summed E-state index contributed by atoms with van der Waals surface area (Å²) >= 11 is 0. The van der Waals surface area contributed by atoms with E-state index >= 15 is 0 Å². The lowest BCUT2D eigenvalue weighted by atomic mass is 9.97. The first-order valence-electron chi connectivity index (χ1n) is 10.5. The zero-order valence-electron chi connectivity index (χ0n) is 18.5. The van der Waals surface area contributed by atoms with Crippen LogP contribution < -0.4 is 16.0 Å². The Hall–Kier alpha value is -3.35. The van der Waals surface area contributed by atoms with Crippen molar-refractivity contribution in [1.29, 1.82) is 0 Å². The minimum Gasteiger partial charge on any atom is -0.452 e. The molecular weight excluding hydrogens is 394 g/mol. The Kier molecular flexibility index (Phi) is 9.06. The van der Waals surface area contributed by atoms with Crippen LogP contribution in [-0.2, 0) is 16.1 Å². The number of para-hydroxylation sites is 1. The highest BCUT2D eigenvalue weighted by molar-refractivity contribution is 5.96. The number of carbonyl (C=O) groups excluding carboxylic acids is 3. The van der Waals surface area contributed by atoms with Crippen molar-refractivity contribution in [2.75, 3.05) is 11.9 Å². The second kappa shape index (κ2) is 11.7. The molecule has 0 aliphatic heterocycles. The van der Waals surface area contributed by atoms with Crippen LogP contribution in [0.2, 0.25) is 0 Å². The lowest BCUT2D eigenvalue weighted by molar-refractivity contribution is -0.119. The monoisotopic (exact) mass is 425 g/mol. The summed E-state index contributed by atoms with van der Waals surface area (Å²) < 4.78 is 5.14. The zero-order chi connectivity index (χ0) is 22.8. The summed E-state index contributed by atoms with van der Waals surface area (Å²) in [5.41, 5.74) is 2.96. The second-order valence-electron chi connectivity index (χ2n) is 7.70. The van der Waals surface area contributed by atoms with Gasteiger partial charge < -0.3 is 20.7 Å². The van der Waals surface area contributed by atoms with Crippen LogP contribution in [0.15, 0.2) is 48.5 Å². The van der Waals surface area contributed by atoms with E-state index in [4.69, 9.17) is 4.74 Å². The summed E-state index contributed by atoms with van der Waals surface area (Å²) in [6.07, 6.45) is 0.954. The number of anilines is 1. The fourth-order valence-corrected chi connectivity index (χ4v) is 2.92. The average molecular weight is 426 g/mol. The minimum atomic E-state index is -0.581. The van der Waals surface area contributed by atoms with Crippen LogP contribution in [0.4, 0.5) is 10.5 Å². The molecule has 0 aliphatic carbocycles. The summed E-state index contributed by atoms with van der Waals surface area (Å²) in [4.78, 5) is 36.1. The first-order valence-corrected chi connectivity index (χ1v) is 10.5. The number of ether oxygens (including phenoxy) is 1. The lowest BCUT2D eigenvalue weighted by Crippen LogP contribution is -2.39. The molecule has 2 aromatic carbocycles. The Bertz CT molecular complexity index is 894. The van der Waals surface area contributed by atoms with Crippen molar-refractivity contribution in [2.24, 2.45) is 0 Å². The van der Waals surface area contributed by atoms with Gasteiger partial charge in [-0.25, -0.2) is 9.59 Å². The van der Waals surface area contributed by atoms with Crippen LogP contribution >= 0.6 is 0 Å². The molecule has 0 saturated heterocycles. The van der Waals surface area contributed by atoms with E-state index in [0.29, 0.717) is 18.0 Å². The molecule has 0 saturated carbocycles. The molecule has 3 amide bonds. The van der Waals surface area contributed by atoms with Gasteiger partial charge in [0.2, 0.25) is 0 Å². The number of benzene rings is 2. The maximum absolute atomic E-state index is 12.3. The fraction of sp³-hybridized carbons (Fsp3) is 0.375. The van der Waals surface area contributed by atoms with E-state index in [1.807, 2.05) is 38.1 Å². The van der Waals surface area contributed by atoms with Crippen LogP contribution in [0, 0.1) is 0 Å². The largest absolute Gasteiger partial charge is 0.452 e. The van der Waals surface area contributed by atoms with Gasteiger partial charge in [-0.05, 0) is 55.5 Å². The van der Waals surface area contributed by atoms with E-state index in [2.05, 4.69) is 29.8 Å². The molecule has 0 bridgehead atoms. The summed E-state index contributed by atoms with van der Waals surface area (Å²) in [6, 6.07) is 14.1. The lowest BCUT2D eigenvalue weighted by Gasteiger charge is -2.15. The molecule has 0 fully saturated rings. The van der Waals surface area contributed by atoms with E-state index in [1.165, 1.54) is 0 Å². The highest BCUT2D eigenvalue weighted by Crippen LogP contribution is 2.26. The van der Waals surface area contributed by atoms with Crippen molar-refractivity contribution in [1.82, 2.24) is 10.6 Å². The van der Waals surface area contributed by atoms with Crippen LogP contribution in [-0.4, -0.2) is 30.6 Å². The highest BCUT2D eigenvalue weighted by Gasteiger charge is 2.14. The van der Waals surface area contributed by atoms with Gasteiger partial charge >= 0.3 is 12.0 Å². The number of hydrogen-bond acceptors (Lipinski definition) is 4. The minimum absolute atomic E-state index is 0.0536. The summed E-state index contributed by atoms with van der Waals surface area (Å²) in [7, 11) is 0. The zero-order valence-corrected chi connectivity index (χ0v) is 18.5. The fourth-order valence-electron chi connectivity index (χ4n) is 2.92. The predicted octanol–water partition coefficient (Wildman–Crippen LogP) is 4.20. The molecule has 2 rings (SSSR count). The van der Waals surface area contributed by atoms with E-state index in [1.54, 1.807) is 24.3 Å². The third kappa shape index (κ3) is 7.77.